The minimum Gasteiger partial charge on any atom is -0.343 e. The summed E-state index contributed by atoms with van der Waals surface area (Å²) in [4.78, 5) is 48.4. The summed E-state index contributed by atoms with van der Waals surface area (Å²) in [5.41, 5.74) is -0.606. The molecule has 2 aliphatic rings. The standard InChI is InChI=1S/C25H32N4O3S/c1-3-18(2)17-22(30)28-13-9-19(10-14-28)25(21-8-4-5-12-26-21)23(31)29(24(32)27-25)15-11-20-7-6-16-33-20/h4-8,12,16,18-19H,3,9-11,13-15,17H2,1-2H3,(H,27,32)/t18-,25+/m0/s1. The van der Waals surface area contributed by atoms with Gasteiger partial charge in [-0.25, -0.2) is 4.79 Å². The van der Waals surface area contributed by atoms with E-state index < -0.39 is 5.54 Å². The molecule has 7 nitrogen and oxygen atoms in total. The molecule has 2 atom stereocenters. The second kappa shape index (κ2) is 10.0. The first kappa shape index (κ1) is 23.4. The number of piperidine rings is 1. The number of urea groups is 1. The van der Waals surface area contributed by atoms with Gasteiger partial charge in [0.05, 0.1) is 5.69 Å². The van der Waals surface area contributed by atoms with Crippen LogP contribution in [-0.2, 0) is 21.5 Å². The lowest BCUT2D eigenvalue weighted by atomic mass is 9.75. The third-order valence-electron chi connectivity index (χ3n) is 7.04. The zero-order chi connectivity index (χ0) is 23.4. The number of aromatic nitrogens is 1. The van der Waals surface area contributed by atoms with Crippen LogP contribution < -0.4 is 5.32 Å². The lowest BCUT2D eigenvalue weighted by Gasteiger charge is -2.40. The van der Waals surface area contributed by atoms with E-state index in [0.717, 1.165) is 11.3 Å². The van der Waals surface area contributed by atoms with Gasteiger partial charge in [-0.15, -0.1) is 11.3 Å². The first-order valence-corrected chi connectivity index (χ1v) is 12.7. The van der Waals surface area contributed by atoms with Gasteiger partial charge in [0.15, 0.2) is 5.54 Å². The number of likely N-dealkylation sites (tertiary alicyclic amines) is 1. The summed E-state index contributed by atoms with van der Waals surface area (Å²) in [6.07, 6.45) is 5.13. The third kappa shape index (κ3) is 4.67. The van der Waals surface area contributed by atoms with E-state index in [-0.39, 0.29) is 23.8 Å². The Hall–Kier alpha value is -2.74. The van der Waals surface area contributed by atoms with Crippen LogP contribution in [0.15, 0.2) is 41.9 Å². The predicted molar refractivity (Wildman–Crippen MR) is 128 cm³/mol. The number of nitrogens with zero attached hydrogens (tertiary/aromatic N) is 3. The summed E-state index contributed by atoms with van der Waals surface area (Å²) < 4.78 is 0. The Bertz CT molecular complexity index is 973. The highest BCUT2D eigenvalue weighted by atomic mass is 32.1. The summed E-state index contributed by atoms with van der Waals surface area (Å²) in [6, 6.07) is 9.10. The third-order valence-corrected chi connectivity index (χ3v) is 7.98. The lowest BCUT2D eigenvalue weighted by molar-refractivity contribution is -0.137. The van der Waals surface area contributed by atoms with Crippen molar-refractivity contribution in [2.24, 2.45) is 11.8 Å². The molecule has 33 heavy (non-hydrogen) atoms. The Morgan fingerprint density at radius 3 is 2.67 bits per heavy atom. The molecule has 0 spiro atoms. The number of nitrogens with one attached hydrogen (secondary N) is 1. The van der Waals surface area contributed by atoms with E-state index in [2.05, 4.69) is 24.1 Å². The molecule has 0 radical (unpaired) electrons. The predicted octanol–water partition coefficient (Wildman–Crippen LogP) is 3.81. The van der Waals surface area contributed by atoms with Crippen molar-refractivity contribution < 1.29 is 14.4 Å². The molecular weight excluding hydrogens is 436 g/mol. The van der Waals surface area contributed by atoms with Crippen molar-refractivity contribution >= 4 is 29.2 Å². The Labute approximate surface area is 199 Å². The van der Waals surface area contributed by atoms with Crippen molar-refractivity contribution in [3.05, 3.63) is 52.5 Å². The average Bonchev–Trinajstić information content (AvgIpc) is 3.45. The van der Waals surface area contributed by atoms with Gasteiger partial charge in [0, 0.05) is 43.0 Å². The quantitative estimate of drug-likeness (QED) is 0.598. The van der Waals surface area contributed by atoms with E-state index in [0.29, 0.717) is 56.9 Å². The number of carbonyl (C=O) groups is 3. The SMILES string of the molecule is CC[C@H](C)CC(=O)N1CCC([C@]2(c3ccccn3)NC(=O)N(CCc3cccs3)C2=O)CC1. The van der Waals surface area contributed by atoms with E-state index in [4.69, 9.17) is 0 Å². The van der Waals surface area contributed by atoms with Crippen LogP contribution in [0.3, 0.4) is 0 Å². The van der Waals surface area contributed by atoms with Gasteiger partial charge in [-0.05, 0) is 48.8 Å². The minimum absolute atomic E-state index is 0.122. The Morgan fingerprint density at radius 2 is 2.03 bits per heavy atom. The number of hydrogen-bond acceptors (Lipinski definition) is 5. The molecule has 0 aromatic carbocycles. The average molecular weight is 469 g/mol. The molecule has 4 heterocycles. The Morgan fingerprint density at radius 1 is 1.24 bits per heavy atom. The second-order valence-corrected chi connectivity index (χ2v) is 10.1. The molecule has 0 aliphatic carbocycles. The van der Waals surface area contributed by atoms with Gasteiger partial charge < -0.3 is 10.2 Å². The molecule has 2 fully saturated rings. The topological polar surface area (TPSA) is 82.6 Å². The number of imide groups is 1. The van der Waals surface area contributed by atoms with Gasteiger partial charge in [0.1, 0.15) is 0 Å². The number of amides is 4. The molecule has 8 heteroatoms. The van der Waals surface area contributed by atoms with Gasteiger partial charge in [0.25, 0.3) is 5.91 Å². The van der Waals surface area contributed by atoms with Crippen molar-refractivity contribution in [2.45, 2.75) is 51.5 Å². The molecule has 176 valence electrons. The molecule has 2 aromatic heterocycles. The Balaban J connectivity index is 1.53. The van der Waals surface area contributed by atoms with E-state index in [9.17, 15) is 14.4 Å². The second-order valence-electron chi connectivity index (χ2n) is 9.11. The number of pyridine rings is 1. The molecule has 0 saturated carbocycles. The number of thiophene rings is 1. The summed E-state index contributed by atoms with van der Waals surface area (Å²) in [5.74, 6) is 0.187. The molecule has 2 aliphatic heterocycles. The fourth-order valence-corrected chi connectivity index (χ4v) is 5.56. The van der Waals surface area contributed by atoms with Crippen molar-refractivity contribution in [1.82, 2.24) is 20.1 Å². The maximum atomic E-state index is 13.8. The van der Waals surface area contributed by atoms with Crippen molar-refractivity contribution in [3.8, 4) is 0 Å². The molecule has 0 unspecified atom stereocenters. The fraction of sp³-hybridized carbons (Fsp3) is 0.520. The summed E-state index contributed by atoms with van der Waals surface area (Å²) in [7, 11) is 0. The van der Waals surface area contributed by atoms with Crippen LogP contribution in [-0.4, -0.2) is 52.3 Å². The zero-order valence-corrected chi connectivity index (χ0v) is 20.1. The van der Waals surface area contributed by atoms with Gasteiger partial charge in [-0.3, -0.25) is 19.5 Å². The molecule has 4 rings (SSSR count). The van der Waals surface area contributed by atoms with Crippen LogP contribution >= 0.6 is 11.3 Å². The van der Waals surface area contributed by atoms with E-state index >= 15 is 0 Å². The van der Waals surface area contributed by atoms with Crippen molar-refractivity contribution in [2.75, 3.05) is 19.6 Å². The van der Waals surface area contributed by atoms with Crippen LogP contribution in [0.25, 0.3) is 0 Å². The van der Waals surface area contributed by atoms with Crippen LogP contribution in [0.1, 0.15) is 50.1 Å². The highest BCUT2D eigenvalue weighted by molar-refractivity contribution is 7.09. The van der Waals surface area contributed by atoms with Crippen LogP contribution in [0.5, 0.6) is 0 Å². The maximum absolute atomic E-state index is 13.8. The molecular formula is C25H32N4O3S. The number of hydrogen-bond donors (Lipinski definition) is 1. The molecule has 4 amide bonds. The molecule has 1 N–H and O–H groups in total. The van der Waals surface area contributed by atoms with Gasteiger partial charge in [0.2, 0.25) is 5.91 Å². The largest absolute Gasteiger partial charge is 0.343 e. The van der Waals surface area contributed by atoms with E-state index in [1.807, 2.05) is 40.6 Å². The molecule has 0 bridgehead atoms. The normalized spacial score (nSPS) is 22.5. The monoisotopic (exact) mass is 468 g/mol. The number of rotatable bonds is 8. The Kier molecular flexibility index (Phi) is 7.12. The van der Waals surface area contributed by atoms with Crippen LogP contribution in [0.4, 0.5) is 4.79 Å². The van der Waals surface area contributed by atoms with Gasteiger partial charge >= 0.3 is 6.03 Å². The van der Waals surface area contributed by atoms with Crippen LogP contribution in [0.2, 0.25) is 0 Å². The smallest absolute Gasteiger partial charge is 0.325 e. The van der Waals surface area contributed by atoms with Crippen molar-refractivity contribution in [3.63, 3.8) is 0 Å². The first-order valence-electron chi connectivity index (χ1n) is 11.8. The highest BCUT2D eigenvalue weighted by Crippen LogP contribution is 2.40. The molecule has 2 saturated heterocycles. The lowest BCUT2D eigenvalue weighted by Crippen LogP contribution is -2.54. The zero-order valence-electron chi connectivity index (χ0n) is 19.3. The van der Waals surface area contributed by atoms with Crippen molar-refractivity contribution in [1.29, 1.82) is 0 Å². The van der Waals surface area contributed by atoms with Gasteiger partial charge in [-0.2, -0.15) is 0 Å². The maximum Gasteiger partial charge on any atom is 0.325 e. The first-order chi connectivity index (χ1) is 16.0. The minimum atomic E-state index is -1.18. The summed E-state index contributed by atoms with van der Waals surface area (Å²) in [6.45, 7) is 5.71. The summed E-state index contributed by atoms with van der Waals surface area (Å²) >= 11 is 1.62. The summed E-state index contributed by atoms with van der Waals surface area (Å²) in [5, 5.41) is 5.04. The van der Waals surface area contributed by atoms with E-state index in [1.165, 1.54) is 4.90 Å². The van der Waals surface area contributed by atoms with Crippen LogP contribution in [0, 0.1) is 11.8 Å². The fourth-order valence-electron chi connectivity index (χ4n) is 4.86. The van der Waals surface area contributed by atoms with E-state index in [1.54, 1.807) is 17.5 Å². The highest BCUT2D eigenvalue weighted by Gasteiger charge is 2.58. The number of carbonyl (C=O) groups excluding carboxylic acids is 3. The van der Waals surface area contributed by atoms with Gasteiger partial charge in [-0.1, -0.05) is 32.4 Å². The molecule has 2 aromatic rings.